The minimum atomic E-state index is 0.762. The zero-order valence-electron chi connectivity index (χ0n) is 12.6. The Kier molecular flexibility index (Phi) is 3.60. The van der Waals surface area contributed by atoms with Gasteiger partial charge in [-0.05, 0) is 44.5 Å². The molecule has 0 bridgehead atoms. The van der Waals surface area contributed by atoms with Gasteiger partial charge in [0.25, 0.3) is 0 Å². The monoisotopic (exact) mass is 281 g/mol. The Morgan fingerprint density at radius 2 is 2.05 bits per heavy atom. The summed E-state index contributed by atoms with van der Waals surface area (Å²) < 4.78 is 6.01. The van der Waals surface area contributed by atoms with Crippen molar-refractivity contribution in [2.75, 3.05) is 18.4 Å². The van der Waals surface area contributed by atoms with Crippen LogP contribution in [0.3, 0.4) is 0 Å². The molecule has 0 aromatic heterocycles. The van der Waals surface area contributed by atoms with Gasteiger partial charge in [0.05, 0.1) is 5.36 Å². The van der Waals surface area contributed by atoms with Crippen molar-refractivity contribution in [3.8, 4) is 11.5 Å². The maximum Gasteiger partial charge on any atom is 0.155 e. The summed E-state index contributed by atoms with van der Waals surface area (Å²) in [6, 6.07) is 10.00. The summed E-state index contributed by atoms with van der Waals surface area (Å²) in [6.07, 6.45) is 0. The quantitative estimate of drug-likeness (QED) is 0.746. The number of nitrogens with one attached hydrogen (secondary N) is 1. The molecule has 1 aliphatic heterocycles. The van der Waals surface area contributed by atoms with Crippen LogP contribution in [-0.4, -0.2) is 18.1 Å². The maximum atomic E-state index is 6.01. The van der Waals surface area contributed by atoms with Crippen LogP contribution in [0.2, 0.25) is 0 Å². The average Bonchev–Trinajstić information content (AvgIpc) is 2.47. The third kappa shape index (κ3) is 2.61. The highest BCUT2D eigenvalue weighted by Gasteiger charge is 2.10. The van der Waals surface area contributed by atoms with E-state index in [2.05, 4.69) is 22.2 Å². The topological polar surface area (TPSA) is 50.4 Å². The third-order valence-electron chi connectivity index (χ3n) is 3.41. The standard InChI is InChI=1S/C17H19N3O/c1-4-18-12-6-7-13-16(9-12)21-17-10-14(19-5-2)11(3)8-15(17)20-13/h6-10,18H,4-5H2,1-3H3. The van der Waals surface area contributed by atoms with E-state index in [9.17, 15) is 0 Å². The number of anilines is 1. The van der Waals surface area contributed by atoms with E-state index in [1.807, 2.05) is 44.2 Å². The molecule has 3 rings (SSSR count). The van der Waals surface area contributed by atoms with Crippen molar-refractivity contribution < 1.29 is 4.42 Å². The van der Waals surface area contributed by atoms with Gasteiger partial charge in [-0.25, -0.2) is 4.98 Å². The van der Waals surface area contributed by atoms with Gasteiger partial charge in [0, 0.05) is 30.9 Å². The first-order valence-corrected chi connectivity index (χ1v) is 7.31. The lowest BCUT2D eigenvalue weighted by Crippen LogP contribution is -2.08. The molecule has 0 saturated heterocycles. The van der Waals surface area contributed by atoms with E-state index in [0.717, 1.165) is 52.3 Å². The molecule has 108 valence electrons. The van der Waals surface area contributed by atoms with Crippen LogP contribution < -0.4 is 10.7 Å². The normalized spacial score (nSPS) is 12.2. The Morgan fingerprint density at radius 3 is 2.81 bits per heavy atom. The van der Waals surface area contributed by atoms with Gasteiger partial charge >= 0.3 is 0 Å². The van der Waals surface area contributed by atoms with Crippen molar-refractivity contribution in [3.05, 3.63) is 41.3 Å². The smallest absolute Gasteiger partial charge is 0.155 e. The first-order chi connectivity index (χ1) is 10.2. The second kappa shape index (κ2) is 5.56. The fraction of sp³-hybridized carbons (Fsp3) is 0.294. The molecule has 21 heavy (non-hydrogen) atoms. The first kappa shape index (κ1) is 13.6. The lowest BCUT2D eigenvalue weighted by molar-refractivity contribution is 0.612. The van der Waals surface area contributed by atoms with Gasteiger partial charge < -0.3 is 9.73 Å². The van der Waals surface area contributed by atoms with Crippen molar-refractivity contribution in [2.24, 2.45) is 4.99 Å². The summed E-state index contributed by atoms with van der Waals surface area (Å²) in [4.78, 5) is 9.16. The molecule has 2 aliphatic rings. The number of aromatic nitrogens is 1. The van der Waals surface area contributed by atoms with Gasteiger partial charge in [-0.1, -0.05) is 0 Å². The van der Waals surface area contributed by atoms with Crippen LogP contribution in [0.4, 0.5) is 5.69 Å². The summed E-state index contributed by atoms with van der Waals surface area (Å²) >= 11 is 0. The molecule has 1 aromatic carbocycles. The summed E-state index contributed by atoms with van der Waals surface area (Å²) in [6.45, 7) is 7.79. The molecule has 0 radical (unpaired) electrons. The van der Waals surface area contributed by atoms with Crippen LogP contribution >= 0.6 is 0 Å². The van der Waals surface area contributed by atoms with E-state index in [4.69, 9.17) is 4.42 Å². The molecule has 0 spiro atoms. The predicted molar refractivity (Wildman–Crippen MR) is 85.6 cm³/mol. The molecule has 1 heterocycles. The highest BCUT2D eigenvalue weighted by molar-refractivity contribution is 5.79. The van der Waals surface area contributed by atoms with Gasteiger partial charge in [0.15, 0.2) is 11.3 Å². The largest absolute Gasteiger partial charge is 0.453 e. The van der Waals surface area contributed by atoms with E-state index >= 15 is 0 Å². The zero-order chi connectivity index (χ0) is 14.8. The van der Waals surface area contributed by atoms with Crippen LogP contribution in [0.5, 0.6) is 0 Å². The van der Waals surface area contributed by atoms with Crippen LogP contribution in [0.15, 0.2) is 39.7 Å². The van der Waals surface area contributed by atoms with Gasteiger partial charge in [0.2, 0.25) is 0 Å². The first-order valence-electron chi connectivity index (χ1n) is 7.31. The molecule has 1 aliphatic carbocycles. The minimum absolute atomic E-state index is 0.762. The molecule has 1 aromatic rings. The van der Waals surface area contributed by atoms with Crippen LogP contribution in [0.25, 0.3) is 22.6 Å². The fourth-order valence-corrected chi connectivity index (χ4v) is 2.42. The lowest BCUT2D eigenvalue weighted by atomic mass is 10.1. The van der Waals surface area contributed by atoms with Gasteiger partial charge in [-0.3, -0.25) is 4.99 Å². The Bertz CT molecular complexity index is 820. The number of hydrogen-bond donors (Lipinski definition) is 1. The maximum absolute atomic E-state index is 6.01. The van der Waals surface area contributed by atoms with E-state index in [-0.39, 0.29) is 0 Å². The summed E-state index contributed by atoms with van der Waals surface area (Å²) in [7, 11) is 0. The van der Waals surface area contributed by atoms with Gasteiger partial charge in [-0.2, -0.15) is 0 Å². The molecular weight excluding hydrogens is 262 g/mol. The van der Waals surface area contributed by atoms with Crippen LogP contribution in [0.1, 0.15) is 19.4 Å². The molecular formula is C17H19N3O. The second-order valence-corrected chi connectivity index (χ2v) is 5.01. The third-order valence-corrected chi connectivity index (χ3v) is 3.41. The van der Waals surface area contributed by atoms with Crippen molar-refractivity contribution in [2.45, 2.75) is 20.8 Å². The Labute approximate surface area is 123 Å². The minimum Gasteiger partial charge on any atom is -0.453 e. The number of nitrogens with zero attached hydrogens (tertiary/aromatic N) is 2. The van der Waals surface area contributed by atoms with E-state index < -0.39 is 0 Å². The molecule has 4 heteroatoms. The SMILES string of the molecule is CCN=c1cc2oc3cc(NCC)ccc3nc-2cc1C. The second-order valence-electron chi connectivity index (χ2n) is 5.01. The van der Waals surface area contributed by atoms with E-state index in [0.29, 0.717) is 0 Å². The molecule has 0 atom stereocenters. The summed E-state index contributed by atoms with van der Waals surface area (Å²) in [5, 5.41) is 4.25. The fourth-order valence-electron chi connectivity index (χ4n) is 2.42. The van der Waals surface area contributed by atoms with E-state index in [1.54, 1.807) is 0 Å². The van der Waals surface area contributed by atoms with Crippen molar-refractivity contribution in [3.63, 3.8) is 0 Å². The number of rotatable bonds is 3. The van der Waals surface area contributed by atoms with Crippen LogP contribution in [0, 0.1) is 6.92 Å². The Balaban J connectivity index is 2.24. The highest BCUT2D eigenvalue weighted by Crippen LogP contribution is 2.26. The number of benzene rings is 2. The van der Waals surface area contributed by atoms with Crippen LogP contribution in [-0.2, 0) is 0 Å². The summed E-state index contributed by atoms with van der Waals surface area (Å²) in [5.74, 6) is 0.772. The summed E-state index contributed by atoms with van der Waals surface area (Å²) in [5.41, 5.74) is 4.68. The molecule has 4 nitrogen and oxygen atoms in total. The van der Waals surface area contributed by atoms with Crippen molar-refractivity contribution in [1.29, 1.82) is 0 Å². The Morgan fingerprint density at radius 1 is 1.19 bits per heavy atom. The number of hydrogen-bond acceptors (Lipinski definition) is 4. The molecule has 0 unspecified atom stereocenters. The van der Waals surface area contributed by atoms with Crippen molar-refractivity contribution >= 4 is 16.8 Å². The molecule has 1 N–H and O–H groups in total. The van der Waals surface area contributed by atoms with Gasteiger partial charge in [-0.15, -0.1) is 0 Å². The number of fused-ring (bicyclic) bond motifs is 2. The predicted octanol–water partition coefficient (Wildman–Crippen LogP) is 3.59. The van der Waals surface area contributed by atoms with Crippen molar-refractivity contribution in [1.82, 2.24) is 4.98 Å². The molecule has 0 saturated carbocycles. The zero-order valence-corrected chi connectivity index (χ0v) is 12.6. The average molecular weight is 281 g/mol. The molecule has 0 fully saturated rings. The van der Waals surface area contributed by atoms with E-state index in [1.165, 1.54) is 0 Å². The highest BCUT2D eigenvalue weighted by atomic mass is 16.3. The number of aryl methyl sites for hydroxylation is 1. The lowest BCUT2D eigenvalue weighted by Gasteiger charge is -2.09. The molecule has 0 amide bonds. The Hall–Kier alpha value is -2.36. The van der Waals surface area contributed by atoms with Gasteiger partial charge in [0.1, 0.15) is 11.2 Å².